The third kappa shape index (κ3) is 6.47. The van der Waals surface area contributed by atoms with Gasteiger partial charge in [0.1, 0.15) is 24.4 Å². The number of H-pyrrole nitrogens is 1. The van der Waals surface area contributed by atoms with Gasteiger partial charge in [-0.1, -0.05) is 0 Å². The largest absolute Gasteiger partial charge is 0.467 e. The highest BCUT2D eigenvalue weighted by atomic mass is 16.6. The van der Waals surface area contributed by atoms with Gasteiger partial charge in [-0.25, -0.2) is 14.4 Å². The molecule has 2 N–H and O–H groups in total. The summed E-state index contributed by atoms with van der Waals surface area (Å²) in [4.78, 5) is 64.6. The van der Waals surface area contributed by atoms with Crippen LogP contribution in [0.15, 0.2) is 15.8 Å². The lowest BCUT2D eigenvalue weighted by atomic mass is 10.2. The normalized spacial score (nSPS) is 13.2. The summed E-state index contributed by atoms with van der Waals surface area (Å²) in [6, 6.07) is -1.10. The maximum atomic E-state index is 12.9. The number of hydrogen-bond acceptors (Lipinski definition) is 7. The van der Waals surface area contributed by atoms with E-state index in [2.05, 4.69) is 15.0 Å². The molecule has 0 aliphatic rings. The Morgan fingerprint density at radius 2 is 1.83 bits per heavy atom. The molecule has 0 saturated carbocycles. The van der Waals surface area contributed by atoms with E-state index in [4.69, 9.17) is 4.74 Å². The molecule has 0 aliphatic heterocycles. The fraction of sp³-hybridized carbons (Fsp3) is 0.611. The fourth-order valence-electron chi connectivity index (χ4n) is 2.57. The van der Waals surface area contributed by atoms with Crippen molar-refractivity contribution in [2.45, 2.75) is 65.9 Å². The zero-order chi connectivity index (χ0) is 22.5. The lowest BCUT2D eigenvalue weighted by molar-refractivity contribution is -0.154. The van der Waals surface area contributed by atoms with Gasteiger partial charge in [0.05, 0.1) is 7.11 Å². The summed E-state index contributed by atoms with van der Waals surface area (Å²) in [6.07, 6.45) is -0.552. The Balaban J connectivity index is 3.18. The number of hydrogen-bond donors (Lipinski definition) is 2. The van der Waals surface area contributed by atoms with Crippen LogP contribution in [0.3, 0.4) is 0 Å². The summed E-state index contributed by atoms with van der Waals surface area (Å²) >= 11 is 0. The highest BCUT2D eigenvalue weighted by molar-refractivity contribution is 5.84. The molecule has 11 nitrogen and oxygen atoms in total. The highest BCUT2D eigenvalue weighted by Crippen LogP contribution is 2.10. The molecule has 0 aromatic carbocycles. The molecule has 1 rings (SSSR count). The van der Waals surface area contributed by atoms with Crippen molar-refractivity contribution in [3.05, 3.63) is 32.6 Å². The van der Waals surface area contributed by atoms with Crippen molar-refractivity contribution in [3.63, 3.8) is 0 Å². The minimum atomic E-state index is -1.10. The van der Waals surface area contributed by atoms with Crippen LogP contribution < -0.4 is 16.6 Å². The van der Waals surface area contributed by atoms with Gasteiger partial charge in [-0.2, -0.15) is 0 Å². The molecule has 2 amide bonds. The zero-order valence-electron chi connectivity index (χ0n) is 17.7. The van der Waals surface area contributed by atoms with Gasteiger partial charge in [0.2, 0.25) is 5.91 Å². The predicted molar refractivity (Wildman–Crippen MR) is 103 cm³/mol. The standard InChI is InChI=1S/C18H28N4O7/c1-10-8-19-16(26)21(14(10)24)9-13(23)22(11(2)15(25)28-7)12(3)20-17(27)29-18(4,5)6/h8,11-12H,9H2,1-7H3,(H,19,26)(H,20,27)/t11-,12?/m0/s1. The van der Waals surface area contributed by atoms with Gasteiger partial charge < -0.3 is 24.7 Å². The average Bonchev–Trinajstić information content (AvgIpc) is 2.59. The monoisotopic (exact) mass is 412 g/mol. The minimum absolute atomic E-state index is 0.241. The third-order valence-corrected chi connectivity index (χ3v) is 3.92. The fourth-order valence-corrected chi connectivity index (χ4v) is 2.57. The van der Waals surface area contributed by atoms with Crippen LogP contribution in [0.2, 0.25) is 0 Å². The van der Waals surface area contributed by atoms with Gasteiger partial charge in [0, 0.05) is 11.8 Å². The number of nitrogens with zero attached hydrogens (tertiary/aromatic N) is 2. The second-order valence-electron chi connectivity index (χ2n) is 7.49. The smallest absolute Gasteiger partial charge is 0.409 e. The van der Waals surface area contributed by atoms with E-state index in [9.17, 15) is 24.0 Å². The average molecular weight is 412 g/mol. The van der Waals surface area contributed by atoms with Crippen molar-refractivity contribution in [1.29, 1.82) is 0 Å². The van der Waals surface area contributed by atoms with Gasteiger partial charge in [-0.3, -0.25) is 14.2 Å². The van der Waals surface area contributed by atoms with E-state index >= 15 is 0 Å². The Hall–Kier alpha value is -3.11. The molecule has 1 aromatic rings. The van der Waals surface area contributed by atoms with Gasteiger partial charge in [-0.05, 0) is 41.5 Å². The summed E-state index contributed by atoms with van der Waals surface area (Å²) in [5.74, 6) is -1.48. The van der Waals surface area contributed by atoms with Crippen LogP contribution in [-0.4, -0.2) is 57.3 Å². The van der Waals surface area contributed by atoms with Gasteiger partial charge in [-0.15, -0.1) is 0 Å². The first-order valence-corrected chi connectivity index (χ1v) is 8.96. The Labute approximate surface area is 168 Å². The van der Waals surface area contributed by atoms with Crippen LogP contribution in [0.25, 0.3) is 0 Å². The van der Waals surface area contributed by atoms with Crippen LogP contribution >= 0.6 is 0 Å². The molecule has 0 bridgehead atoms. The molecule has 2 atom stereocenters. The summed E-state index contributed by atoms with van der Waals surface area (Å²) in [7, 11) is 1.16. The first-order valence-electron chi connectivity index (χ1n) is 8.96. The van der Waals surface area contributed by atoms with E-state index in [1.165, 1.54) is 27.0 Å². The molecule has 11 heteroatoms. The second kappa shape index (κ2) is 9.39. The van der Waals surface area contributed by atoms with Gasteiger partial charge in [0.15, 0.2) is 0 Å². The number of ether oxygens (including phenoxy) is 2. The van der Waals surface area contributed by atoms with E-state index in [0.29, 0.717) is 0 Å². The number of carbonyl (C=O) groups excluding carboxylic acids is 3. The molecule has 0 spiro atoms. The number of methoxy groups -OCH3 is 1. The van der Waals surface area contributed by atoms with Crippen LogP contribution in [-0.2, 0) is 25.6 Å². The number of aryl methyl sites for hydroxylation is 1. The van der Waals surface area contributed by atoms with Crippen molar-refractivity contribution < 1.29 is 23.9 Å². The van der Waals surface area contributed by atoms with E-state index in [1.54, 1.807) is 20.8 Å². The molecule has 0 aliphatic carbocycles. The van der Waals surface area contributed by atoms with Crippen LogP contribution in [0.4, 0.5) is 4.79 Å². The lowest BCUT2D eigenvalue weighted by Crippen LogP contribution is -2.57. The quantitative estimate of drug-likeness (QED) is 0.499. The number of nitrogens with one attached hydrogen (secondary N) is 2. The maximum absolute atomic E-state index is 12.9. The first-order chi connectivity index (χ1) is 13.3. The number of aromatic nitrogens is 2. The molecule has 29 heavy (non-hydrogen) atoms. The Bertz CT molecular complexity index is 881. The Morgan fingerprint density at radius 3 is 2.34 bits per heavy atom. The number of aromatic amines is 1. The Morgan fingerprint density at radius 1 is 1.24 bits per heavy atom. The molecule has 0 radical (unpaired) electrons. The molecule has 1 unspecified atom stereocenters. The van der Waals surface area contributed by atoms with E-state index < -0.39 is 53.6 Å². The van der Waals surface area contributed by atoms with Gasteiger partial charge >= 0.3 is 17.8 Å². The third-order valence-electron chi connectivity index (χ3n) is 3.92. The summed E-state index contributed by atoms with van der Waals surface area (Å²) in [5.41, 5.74) is -1.94. The molecule has 1 heterocycles. The van der Waals surface area contributed by atoms with E-state index in [-0.39, 0.29) is 5.56 Å². The number of amides is 2. The van der Waals surface area contributed by atoms with Crippen molar-refractivity contribution in [3.8, 4) is 0 Å². The lowest BCUT2D eigenvalue weighted by Gasteiger charge is -2.34. The van der Waals surface area contributed by atoms with Crippen LogP contribution in [0.1, 0.15) is 40.2 Å². The molecule has 162 valence electrons. The molecule has 1 aromatic heterocycles. The minimum Gasteiger partial charge on any atom is -0.467 e. The topological polar surface area (TPSA) is 140 Å². The first kappa shape index (κ1) is 23.9. The van der Waals surface area contributed by atoms with Gasteiger partial charge in [0.25, 0.3) is 5.56 Å². The number of esters is 1. The summed E-state index contributed by atoms with van der Waals surface area (Å²) < 4.78 is 10.6. The zero-order valence-corrected chi connectivity index (χ0v) is 17.7. The van der Waals surface area contributed by atoms with Crippen LogP contribution in [0.5, 0.6) is 0 Å². The summed E-state index contributed by atoms with van der Waals surface area (Å²) in [6.45, 7) is 8.75. The molecule has 0 saturated heterocycles. The molecular weight excluding hydrogens is 384 g/mol. The van der Waals surface area contributed by atoms with E-state index in [1.807, 2.05) is 0 Å². The second-order valence-corrected chi connectivity index (χ2v) is 7.49. The van der Waals surface area contributed by atoms with Crippen LogP contribution in [0, 0.1) is 6.92 Å². The van der Waals surface area contributed by atoms with Crippen molar-refractivity contribution in [2.75, 3.05) is 7.11 Å². The van der Waals surface area contributed by atoms with Crippen molar-refractivity contribution in [1.82, 2.24) is 19.8 Å². The highest BCUT2D eigenvalue weighted by Gasteiger charge is 2.33. The maximum Gasteiger partial charge on any atom is 0.409 e. The van der Waals surface area contributed by atoms with Crippen molar-refractivity contribution >= 4 is 18.0 Å². The Kier molecular flexibility index (Phi) is 7.75. The van der Waals surface area contributed by atoms with Crippen molar-refractivity contribution in [2.24, 2.45) is 0 Å². The molecule has 0 fully saturated rings. The number of rotatable bonds is 6. The molecular formula is C18H28N4O7. The number of carbonyl (C=O) groups is 3. The summed E-state index contributed by atoms with van der Waals surface area (Å²) in [5, 5.41) is 2.47. The predicted octanol–water partition coefficient (Wildman–Crippen LogP) is 0.106. The number of alkyl carbamates (subject to hydrolysis) is 1. The van der Waals surface area contributed by atoms with E-state index in [0.717, 1.165) is 16.6 Å². The SMILES string of the molecule is COC(=O)[C@H](C)N(C(=O)Cn1c(=O)[nH]cc(C)c1=O)C(C)NC(=O)OC(C)(C)C.